The van der Waals surface area contributed by atoms with E-state index in [-0.39, 0.29) is 5.91 Å². The van der Waals surface area contributed by atoms with Gasteiger partial charge in [0.2, 0.25) is 5.91 Å². The highest BCUT2D eigenvalue weighted by atomic mass is 16.5. The summed E-state index contributed by atoms with van der Waals surface area (Å²) in [5.41, 5.74) is 2.66. The number of aromatic amines is 1. The molecule has 2 heterocycles. The number of amides is 1. The number of carbonyl (C=O) groups excluding carboxylic acids is 1. The third kappa shape index (κ3) is 3.95. The molecule has 2 aromatic heterocycles. The van der Waals surface area contributed by atoms with E-state index in [4.69, 9.17) is 4.74 Å². The highest BCUT2D eigenvalue weighted by Gasteiger charge is 2.17. The number of aryl methyl sites for hydroxylation is 2. The minimum Gasteiger partial charge on any atom is -0.378 e. The maximum atomic E-state index is 12.3. The Kier molecular flexibility index (Phi) is 5.25. The van der Waals surface area contributed by atoms with Crippen molar-refractivity contribution in [3.8, 4) is 11.1 Å². The lowest BCUT2D eigenvalue weighted by molar-refractivity contribution is -0.116. The molecule has 0 unspecified atom stereocenters. The van der Waals surface area contributed by atoms with Crippen LogP contribution in [0.3, 0.4) is 0 Å². The summed E-state index contributed by atoms with van der Waals surface area (Å²) in [4.78, 5) is 16.5. The lowest BCUT2D eigenvalue weighted by Crippen LogP contribution is -2.15. The molecule has 0 saturated heterocycles. The third-order valence-electron chi connectivity index (χ3n) is 3.95. The Labute approximate surface area is 146 Å². The number of rotatable bonds is 7. The number of nitrogens with zero attached hydrogens (tertiary/aromatic N) is 3. The van der Waals surface area contributed by atoms with Crippen molar-refractivity contribution in [2.45, 2.75) is 26.5 Å². The van der Waals surface area contributed by atoms with E-state index in [2.05, 4.69) is 20.5 Å². The van der Waals surface area contributed by atoms with Crippen molar-refractivity contribution < 1.29 is 9.53 Å². The van der Waals surface area contributed by atoms with Crippen molar-refractivity contribution in [1.82, 2.24) is 19.7 Å². The SMILES string of the molecule is COCc1[nH]nc(NC(=O)CCn2ccnc2C)c1-c1ccccc1. The van der Waals surface area contributed by atoms with E-state index in [9.17, 15) is 4.79 Å². The fourth-order valence-corrected chi connectivity index (χ4v) is 2.69. The number of hydrogen-bond acceptors (Lipinski definition) is 4. The number of nitrogens with one attached hydrogen (secondary N) is 2. The molecule has 0 aliphatic carbocycles. The van der Waals surface area contributed by atoms with Gasteiger partial charge < -0.3 is 14.6 Å². The lowest BCUT2D eigenvalue weighted by atomic mass is 10.1. The normalized spacial score (nSPS) is 10.8. The Morgan fingerprint density at radius 2 is 2.12 bits per heavy atom. The number of benzene rings is 1. The summed E-state index contributed by atoms with van der Waals surface area (Å²) in [5, 5.41) is 10.1. The fraction of sp³-hybridized carbons (Fsp3) is 0.278. The largest absolute Gasteiger partial charge is 0.378 e. The Hall–Kier alpha value is -2.93. The minimum atomic E-state index is -0.0965. The van der Waals surface area contributed by atoms with Crippen LogP contribution in [0.1, 0.15) is 17.9 Å². The molecule has 7 nitrogen and oxygen atoms in total. The highest BCUT2D eigenvalue weighted by molar-refractivity contribution is 5.94. The van der Waals surface area contributed by atoms with Gasteiger partial charge in [0.05, 0.1) is 12.3 Å². The number of aromatic nitrogens is 4. The highest BCUT2D eigenvalue weighted by Crippen LogP contribution is 2.30. The van der Waals surface area contributed by atoms with Gasteiger partial charge >= 0.3 is 0 Å². The van der Waals surface area contributed by atoms with Gasteiger partial charge in [0, 0.05) is 38.0 Å². The maximum Gasteiger partial charge on any atom is 0.227 e. The molecule has 3 aromatic rings. The second-order valence-corrected chi connectivity index (χ2v) is 5.69. The van der Waals surface area contributed by atoms with Crippen LogP contribution in [0.5, 0.6) is 0 Å². The second kappa shape index (κ2) is 7.76. The Morgan fingerprint density at radius 1 is 1.32 bits per heavy atom. The molecule has 0 atom stereocenters. The van der Waals surface area contributed by atoms with Crippen LogP contribution in [-0.4, -0.2) is 32.8 Å². The monoisotopic (exact) mass is 339 g/mol. The number of methoxy groups -OCH3 is 1. The van der Waals surface area contributed by atoms with E-state index < -0.39 is 0 Å². The van der Waals surface area contributed by atoms with E-state index in [0.717, 1.165) is 22.6 Å². The van der Waals surface area contributed by atoms with Crippen LogP contribution >= 0.6 is 0 Å². The van der Waals surface area contributed by atoms with Crippen LogP contribution in [0.4, 0.5) is 5.82 Å². The first-order valence-corrected chi connectivity index (χ1v) is 8.08. The van der Waals surface area contributed by atoms with Gasteiger partial charge in [0.25, 0.3) is 0 Å². The number of H-pyrrole nitrogens is 1. The summed E-state index contributed by atoms with van der Waals surface area (Å²) < 4.78 is 7.17. The second-order valence-electron chi connectivity index (χ2n) is 5.69. The van der Waals surface area contributed by atoms with Crippen molar-refractivity contribution in [2.24, 2.45) is 0 Å². The zero-order valence-electron chi connectivity index (χ0n) is 14.3. The predicted octanol–water partition coefficient (Wildman–Crippen LogP) is 2.76. The van der Waals surface area contributed by atoms with Crippen molar-refractivity contribution in [1.29, 1.82) is 0 Å². The molecule has 0 spiro atoms. The zero-order valence-corrected chi connectivity index (χ0v) is 14.3. The molecule has 0 fully saturated rings. The van der Waals surface area contributed by atoms with Gasteiger partial charge in [-0.1, -0.05) is 30.3 Å². The van der Waals surface area contributed by atoms with E-state index in [1.807, 2.05) is 48.0 Å². The van der Waals surface area contributed by atoms with Gasteiger partial charge in [0.1, 0.15) is 5.82 Å². The molecular formula is C18H21N5O2. The number of anilines is 1. The molecule has 25 heavy (non-hydrogen) atoms. The van der Waals surface area contributed by atoms with Gasteiger partial charge in [-0.3, -0.25) is 9.89 Å². The topological polar surface area (TPSA) is 84.8 Å². The lowest BCUT2D eigenvalue weighted by Gasteiger charge is -2.08. The average molecular weight is 339 g/mol. The van der Waals surface area contributed by atoms with Crippen molar-refractivity contribution in [2.75, 3.05) is 12.4 Å². The maximum absolute atomic E-state index is 12.3. The quantitative estimate of drug-likeness (QED) is 0.693. The van der Waals surface area contributed by atoms with Gasteiger partial charge in [-0.25, -0.2) is 4.98 Å². The van der Waals surface area contributed by atoms with Gasteiger partial charge in [-0.15, -0.1) is 0 Å². The first-order valence-electron chi connectivity index (χ1n) is 8.08. The van der Waals surface area contributed by atoms with Gasteiger partial charge in [-0.2, -0.15) is 5.10 Å². The first-order chi connectivity index (χ1) is 12.2. The van der Waals surface area contributed by atoms with Crippen molar-refractivity contribution in [3.05, 3.63) is 54.2 Å². The third-order valence-corrected chi connectivity index (χ3v) is 3.95. The molecule has 2 N–H and O–H groups in total. The summed E-state index contributed by atoms with van der Waals surface area (Å²) in [7, 11) is 1.63. The Balaban J connectivity index is 1.75. The molecule has 1 amide bonds. The van der Waals surface area contributed by atoms with Gasteiger partial charge in [-0.05, 0) is 12.5 Å². The Bertz CT molecular complexity index is 838. The molecule has 7 heteroatoms. The van der Waals surface area contributed by atoms with Crippen molar-refractivity contribution in [3.63, 3.8) is 0 Å². The van der Waals surface area contributed by atoms with Gasteiger partial charge in [0.15, 0.2) is 5.82 Å². The summed E-state index contributed by atoms with van der Waals surface area (Å²) in [6.45, 7) is 2.88. The number of ether oxygens (including phenoxy) is 1. The minimum absolute atomic E-state index is 0.0965. The molecule has 0 bridgehead atoms. The van der Waals surface area contributed by atoms with Crippen LogP contribution in [0.2, 0.25) is 0 Å². The van der Waals surface area contributed by atoms with E-state index >= 15 is 0 Å². The van der Waals surface area contributed by atoms with E-state index in [1.165, 1.54) is 0 Å². The number of hydrogen-bond donors (Lipinski definition) is 2. The predicted molar refractivity (Wildman–Crippen MR) is 94.9 cm³/mol. The van der Waals surface area contributed by atoms with E-state index in [1.54, 1.807) is 13.3 Å². The Morgan fingerprint density at radius 3 is 2.80 bits per heavy atom. The molecular weight excluding hydrogens is 318 g/mol. The number of imidazole rings is 1. The smallest absolute Gasteiger partial charge is 0.227 e. The van der Waals surface area contributed by atoms with Crippen LogP contribution in [-0.2, 0) is 22.7 Å². The van der Waals surface area contributed by atoms with Crippen LogP contribution in [0.15, 0.2) is 42.7 Å². The molecule has 0 aliphatic rings. The summed E-state index contributed by atoms with van der Waals surface area (Å²) in [6.07, 6.45) is 3.94. The molecule has 0 saturated carbocycles. The summed E-state index contributed by atoms with van der Waals surface area (Å²) >= 11 is 0. The molecule has 130 valence electrons. The summed E-state index contributed by atoms with van der Waals surface area (Å²) in [5.74, 6) is 1.31. The standard InChI is InChI=1S/C18H21N5O2/c1-13-19-9-11-23(13)10-8-16(24)20-18-17(14-6-4-3-5-7-14)15(12-25-2)21-22-18/h3-7,9,11H,8,10,12H2,1-2H3,(H2,20,21,22,24). The summed E-state index contributed by atoms with van der Waals surface area (Å²) in [6, 6.07) is 9.81. The molecule has 0 radical (unpaired) electrons. The first kappa shape index (κ1) is 16.9. The fourth-order valence-electron chi connectivity index (χ4n) is 2.69. The van der Waals surface area contributed by atoms with E-state index in [0.29, 0.717) is 25.4 Å². The van der Waals surface area contributed by atoms with Crippen LogP contribution < -0.4 is 5.32 Å². The molecule has 3 rings (SSSR count). The van der Waals surface area contributed by atoms with Crippen molar-refractivity contribution >= 4 is 11.7 Å². The van der Waals surface area contributed by atoms with Crippen LogP contribution in [0, 0.1) is 6.92 Å². The average Bonchev–Trinajstić information content (AvgIpc) is 3.20. The molecule has 1 aromatic carbocycles. The zero-order chi connectivity index (χ0) is 17.6. The van der Waals surface area contributed by atoms with Crippen LogP contribution in [0.25, 0.3) is 11.1 Å². The molecule has 0 aliphatic heterocycles. The number of carbonyl (C=O) groups is 1.